The topological polar surface area (TPSA) is 114 Å². The first kappa shape index (κ1) is 73.9. The molecule has 0 fully saturated rings. The molecule has 77 heavy (non-hydrogen) atoms. The Hall–Kier alpha value is -3.07. The van der Waals surface area contributed by atoms with Gasteiger partial charge < -0.3 is 28.5 Å². The highest BCUT2D eigenvalue weighted by molar-refractivity contribution is 7.45. The standard InChI is InChI=1S/C67H119N2O7P/c1-7-10-13-16-19-22-25-28-30-31-32-33-34-35-36-37-39-41-44-47-50-53-56-59-66(70)68-64(63-75-77(72,73)74-62-61-69(4,5)6)65(58-55-52-49-46-43-40-27-24-21-18-15-12-9-3)76-67(71)60-57-54-51-48-45-42-38-29-26-23-20-17-14-11-8-2/h10,13,19-20,22-23,26,28-30,32-33,35-36,55,58,64-65H,7-9,11-12,14-18,21,24-25,27,31,34,37-54,56-57,59-63H2,1-6H3,(H-,68,70,72,73)/b13-10-,22-19-,23-20+,29-26+,30-28-,33-32-,36-35-,58-55-. The number of rotatable bonds is 56. The molecular formula is C67H119N2O7P. The fourth-order valence-corrected chi connectivity index (χ4v) is 9.38. The van der Waals surface area contributed by atoms with Gasteiger partial charge in [0.25, 0.3) is 7.82 Å². The van der Waals surface area contributed by atoms with Crippen molar-refractivity contribution in [1.29, 1.82) is 0 Å². The predicted octanol–water partition coefficient (Wildman–Crippen LogP) is 18.9. The van der Waals surface area contributed by atoms with Gasteiger partial charge in [0, 0.05) is 12.8 Å². The van der Waals surface area contributed by atoms with E-state index in [2.05, 4.69) is 111 Å². The van der Waals surface area contributed by atoms with Gasteiger partial charge in [0.05, 0.1) is 33.8 Å². The van der Waals surface area contributed by atoms with E-state index in [0.29, 0.717) is 23.9 Å². The number of hydrogen-bond acceptors (Lipinski definition) is 7. The molecule has 3 atom stereocenters. The number of ether oxygens (including phenoxy) is 1. The Morgan fingerprint density at radius 2 is 0.870 bits per heavy atom. The minimum atomic E-state index is -4.71. The van der Waals surface area contributed by atoms with Gasteiger partial charge in [-0.15, -0.1) is 0 Å². The Balaban J connectivity index is 5.28. The van der Waals surface area contributed by atoms with Crippen LogP contribution in [0.5, 0.6) is 0 Å². The summed E-state index contributed by atoms with van der Waals surface area (Å²) in [5, 5.41) is 3.02. The molecule has 1 N–H and O–H groups in total. The largest absolute Gasteiger partial charge is 0.756 e. The Bertz CT molecular complexity index is 1640. The molecule has 0 aromatic heterocycles. The number of likely N-dealkylation sites (N-methyl/N-ethyl adjacent to an activating group) is 1. The highest BCUT2D eigenvalue weighted by Gasteiger charge is 2.27. The number of nitrogens with one attached hydrogen (secondary N) is 1. The predicted molar refractivity (Wildman–Crippen MR) is 330 cm³/mol. The van der Waals surface area contributed by atoms with Gasteiger partial charge in [0.15, 0.2) is 0 Å². The fourth-order valence-electron chi connectivity index (χ4n) is 8.66. The van der Waals surface area contributed by atoms with Crippen LogP contribution in [0.1, 0.15) is 265 Å². The zero-order valence-electron chi connectivity index (χ0n) is 50.6. The molecule has 0 aromatic carbocycles. The molecule has 9 nitrogen and oxygen atoms in total. The van der Waals surface area contributed by atoms with Crippen molar-refractivity contribution < 1.29 is 37.3 Å². The van der Waals surface area contributed by atoms with Crippen LogP contribution in [0.4, 0.5) is 0 Å². The van der Waals surface area contributed by atoms with Gasteiger partial charge in [0.2, 0.25) is 5.91 Å². The van der Waals surface area contributed by atoms with Gasteiger partial charge in [-0.05, 0) is 102 Å². The maximum absolute atomic E-state index is 13.5. The summed E-state index contributed by atoms with van der Waals surface area (Å²) in [5.74, 6) is -0.569. The number of carbonyl (C=O) groups is 2. The third-order valence-corrected chi connectivity index (χ3v) is 14.5. The number of allylic oxidation sites excluding steroid dienone is 15. The van der Waals surface area contributed by atoms with Crippen molar-refractivity contribution in [3.8, 4) is 0 Å². The van der Waals surface area contributed by atoms with E-state index >= 15 is 0 Å². The summed E-state index contributed by atoms with van der Waals surface area (Å²) < 4.78 is 30.3. The maximum Gasteiger partial charge on any atom is 0.306 e. The summed E-state index contributed by atoms with van der Waals surface area (Å²) in [7, 11) is 1.16. The smallest absolute Gasteiger partial charge is 0.306 e. The van der Waals surface area contributed by atoms with E-state index in [4.69, 9.17) is 13.8 Å². The van der Waals surface area contributed by atoms with Crippen LogP contribution in [-0.4, -0.2) is 69.4 Å². The monoisotopic (exact) mass is 1090 g/mol. The van der Waals surface area contributed by atoms with Crippen molar-refractivity contribution >= 4 is 19.7 Å². The summed E-state index contributed by atoms with van der Waals surface area (Å²) in [6.07, 6.45) is 75.1. The summed E-state index contributed by atoms with van der Waals surface area (Å²) in [6.45, 7) is 6.68. The number of unbranched alkanes of at least 4 members (excludes halogenated alkanes) is 27. The highest BCUT2D eigenvalue weighted by atomic mass is 31.2. The zero-order valence-corrected chi connectivity index (χ0v) is 51.5. The van der Waals surface area contributed by atoms with Crippen LogP contribution in [0.2, 0.25) is 0 Å². The van der Waals surface area contributed by atoms with Crippen molar-refractivity contribution in [2.45, 2.75) is 277 Å². The van der Waals surface area contributed by atoms with Crippen LogP contribution < -0.4 is 10.2 Å². The molecule has 0 rings (SSSR count). The maximum atomic E-state index is 13.5. The van der Waals surface area contributed by atoms with Gasteiger partial charge in [-0.25, -0.2) is 0 Å². The molecule has 0 aliphatic heterocycles. The van der Waals surface area contributed by atoms with E-state index in [1.807, 2.05) is 33.3 Å². The molecule has 0 aromatic rings. The molecule has 0 saturated carbocycles. The number of nitrogens with zero attached hydrogens (tertiary/aromatic N) is 1. The molecule has 3 unspecified atom stereocenters. The van der Waals surface area contributed by atoms with Crippen molar-refractivity contribution in [2.75, 3.05) is 40.9 Å². The average molecular weight is 1100 g/mol. The van der Waals surface area contributed by atoms with E-state index in [1.54, 1.807) is 0 Å². The lowest BCUT2D eigenvalue weighted by Crippen LogP contribution is -2.47. The van der Waals surface area contributed by atoms with Gasteiger partial charge >= 0.3 is 5.97 Å². The van der Waals surface area contributed by atoms with E-state index in [9.17, 15) is 19.0 Å². The molecule has 10 heteroatoms. The van der Waals surface area contributed by atoms with Crippen molar-refractivity contribution in [3.63, 3.8) is 0 Å². The molecule has 1 amide bonds. The minimum absolute atomic E-state index is 0.0310. The second-order valence-electron chi connectivity index (χ2n) is 22.2. The van der Waals surface area contributed by atoms with Crippen LogP contribution in [0, 0.1) is 0 Å². The number of carbonyl (C=O) groups excluding carboxylic acids is 2. The highest BCUT2D eigenvalue weighted by Crippen LogP contribution is 2.38. The molecule has 0 heterocycles. The quantitative estimate of drug-likeness (QED) is 0.0161. The van der Waals surface area contributed by atoms with E-state index in [1.165, 1.54) is 96.3 Å². The number of phosphoric ester groups is 1. The zero-order chi connectivity index (χ0) is 56.4. The minimum Gasteiger partial charge on any atom is -0.756 e. The lowest BCUT2D eigenvalue weighted by molar-refractivity contribution is -0.870. The number of amides is 1. The summed E-state index contributed by atoms with van der Waals surface area (Å²) in [6, 6.07) is -0.905. The summed E-state index contributed by atoms with van der Waals surface area (Å²) >= 11 is 0. The van der Waals surface area contributed by atoms with Crippen molar-refractivity contribution in [3.05, 3.63) is 97.2 Å². The molecule has 0 aliphatic rings. The van der Waals surface area contributed by atoms with Gasteiger partial charge in [-0.2, -0.15) is 0 Å². The van der Waals surface area contributed by atoms with Gasteiger partial charge in [-0.1, -0.05) is 247 Å². The van der Waals surface area contributed by atoms with Crippen LogP contribution >= 0.6 is 7.82 Å². The molecule has 0 saturated heterocycles. The summed E-state index contributed by atoms with van der Waals surface area (Å²) in [5.41, 5.74) is 0. The second-order valence-corrected chi connectivity index (χ2v) is 23.6. The number of quaternary nitrogens is 1. The lowest BCUT2D eigenvalue weighted by atomic mass is 10.0. The van der Waals surface area contributed by atoms with Crippen molar-refractivity contribution in [1.82, 2.24) is 5.32 Å². The third-order valence-electron chi connectivity index (χ3n) is 13.5. The SMILES string of the molecule is CC/C=C\C/C=C\C/C=C\C/C=C\C/C=C\CCCCCCCCCC(=O)NC(COP(=O)([O-])OCC[N+](C)(C)C)C(/C=C\CCCCCCCCCCCCC)OC(=O)CCCCCCCC/C=C/C=C/CCCCC. The second kappa shape index (κ2) is 56.2. The number of phosphoric acid groups is 1. The molecule has 444 valence electrons. The Morgan fingerprint density at radius 1 is 0.481 bits per heavy atom. The molecule has 0 spiro atoms. The normalized spacial score (nSPS) is 14.3. The first-order chi connectivity index (χ1) is 37.4. The molecular weight excluding hydrogens is 976 g/mol. The van der Waals surface area contributed by atoms with Gasteiger partial charge in [0.1, 0.15) is 19.3 Å². The van der Waals surface area contributed by atoms with E-state index in [-0.39, 0.29) is 24.9 Å². The van der Waals surface area contributed by atoms with Crippen LogP contribution in [0.15, 0.2) is 97.2 Å². The molecule has 0 radical (unpaired) electrons. The van der Waals surface area contributed by atoms with Crippen LogP contribution in [-0.2, 0) is 27.9 Å². The number of hydrogen-bond donors (Lipinski definition) is 1. The number of esters is 1. The lowest BCUT2D eigenvalue weighted by Gasteiger charge is -2.30. The van der Waals surface area contributed by atoms with Gasteiger partial charge in [-0.3, -0.25) is 14.2 Å². The van der Waals surface area contributed by atoms with Crippen LogP contribution in [0.3, 0.4) is 0 Å². The molecule has 0 bridgehead atoms. The van der Waals surface area contributed by atoms with Crippen LogP contribution in [0.25, 0.3) is 0 Å². The Labute approximate surface area is 475 Å². The Kier molecular flexibility index (Phi) is 54.0. The molecule has 0 aliphatic carbocycles. The Morgan fingerprint density at radius 3 is 1.35 bits per heavy atom. The van der Waals surface area contributed by atoms with E-state index in [0.717, 1.165) is 128 Å². The van der Waals surface area contributed by atoms with E-state index < -0.39 is 26.6 Å². The first-order valence-electron chi connectivity index (χ1n) is 31.6. The fraction of sp³-hybridized carbons (Fsp3) is 0.731. The third kappa shape index (κ3) is 57.4. The van der Waals surface area contributed by atoms with Crippen molar-refractivity contribution in [2.24, 2.45) is 0 Å². The first-order valence-corrected chi connectivity index (χ1v) is 33.0. The summed E-state index contributed by atoms with van der Waals surface area (Å²) in [4.78, 5) is 40.0. The average Bonchev–Trinajstić information content (AvgIpc) is 3.39.